The molecule has 4 rings (SSSR count). The number of hydrogen-bond acceptors (Lipinski definition) is 3. The molecule has 4 nitrogen and oxygen atoms in total. The summed E-state index contributed by atoms with van der Waals surface area (Å²) in [4.78, 5) is 4.60. The third kappa shape index (κ3) is 4.01. The van der Waals surface area contributed by atoms with E-state index >= 15 is 0 Å². The van der Waals surface area contributed by atoms with E-state index in [1.54, 1.807) is 12.1 Å². The van der Waals surface area contributed by atoms with Crippen molar-refractivity contribution in [1.29, 1.82) is 5.26 Å². The fourth-order valence-corrected chi connectivity index (χ4v) is 3.40. The summed E-state index contributed by atoms with van der Waals surface area (Å²) in [5, 5.41) is 10.2. The Morgan fingerprint density at radius 1 is 1.10 bits per heavy atom. The monoisotopic (exact) mass is 399 g/mol. The van der Waals surface area contributed by atoms with Gasteiger partial charge in [-0.3, -0.25) is 0 Å². The van der Waals surface area contributed by atoms with Crippen molar-refractivity contribution in [3.8, 4) is 11.8 Å². The van der Waals surface area contributed by atoms with E-state index in [-0.39, 0.29) is 0 Å². The molecule has 0 atom stereocenters. The van der Waals surface area contributed by atoms with Crippen LogP contribution in [0.2, 0.25) is 5.02 Å². The van der Waals surface area contributed by atoms with Gasteiger partial charge in [0.1, 0.15) is 18.4 Å². The predicted octanol–water partition coefficient (Wildman–Crippen LogP) is 5.87. The molecular weight excluding hydrogens is 382 g/mol. The Bertz CT molecular complexity index is 1240. The number of fused-ring (bicyclic) bond motifs is 1. The fraction of sp³-hybridized carbons (Fsp3) is 0.0833. The van der Waals surface area contributed by atoms with Crippen LogP contribution in [0, 0.1) is 11.3 Å². The van der Waals surface area contributed by atoms with Gasteiger partial charge in [-0.1, -0.05) is 60.1 Å². The number of allylic oxidation sites excluding steroid dienone is 1. The lowest BCUT2D eigenvalue weighted by Gasteiger charge is -2.09. The summed E-state index contributed by atoms with van der Waals surface area (Å²) in [6.45, 7) is 0.444. The largest absolute Gasteiger partial charge is 0.487 e. The summed E-state index contributed by atoms with van der Waals surface area (Å²) >= 11 is 6.41. The zero-order valence-corrected chi connectivity index (χ0v) is 16.6. The molecule has 3 aromatic carbocycles. The minimum atomic E-state index is 0.444. The Morgan fingerprint density at radius 2 is 1.86 bits per heavy atom. The van der Waals surface area contributed by atoms with Gasteiger partial charge < -0.3 is 9.30 Å². The van der Waals surface area contributed by atoms with Crippen LogP contribution in [0.4, 0.5) is 0 Å². The molecule has 0 aliphatic heterocycles. The van der Waals surface area contributed by atoms with E-state index in [0.717, 1.165) is 22.2 Å². The van der Waals surface area contributed by atoms with Crippen LogP contribution in [0.25, 0.3) is 22.7 Å². The van der Waals surface area contributed by atoms with Gasteiger partial charge >= 0.3 is 0 Å². The minimum Gasteiger partial charge on any atom is -0.487 e. The van der Waals surface area contributed by atoms with E-state index in [0.29, 0.717) is 28.8 Å². The molecule has 0 bridgehead atoms. The third-order valence-corrected chi connectivity index (χ3v) is 4.95. The van der Waals surface area contributed by atoms with Gasteiger partial charge in [-0.25, -0.2) is 4.98 Å². The quantitative estimate of drug-likeness (QED) is 0.394. The second kappa shape index (κ2) is 8.22. The van der Waals surface area contributed by atoms with Gasteiger partial charge in [0, 0.05) is 7.05 Å². The van der Waals surface area contributed by atoms with Crippen LogP contribution in [-0.2, 0) is 13.7 Å². The Balaban J connectivity index is 1.60. The number of aryl methyl sites for hydroxylation is 1. The van der Waals surface area contributed by atoms with Crippen molar-refractivity contribution in [3.63, 3.8) is 0 Å². The molecule has 0 aliphatic carbocycles. The molecule has 0 radical (unpaired) electrons. The van der Waals surface area contributed by atoms with Crippen LogP contribution in [0.5, 0.6) is 5.75 Å². The van der Waals surface area contributed by atoms with Crippen LogP contribution in [0.15, 0.2) is 72.8 Å². The fourth-order valence-electron chi connectivity index (χ4n) is 3.16. The van der Waals surface area contributed by atoms with Crippen molar-refractivity contribution >= 4 is 34.3 Å². The Hall–Kier alpha value is -3.55. The highest BCUT2D eigenvalue weighted by molar-refractivity contribution is 6.32. The highest BCUT2D eigenvalue weighted by atomic mass is 35.5. The predicted molar refractivity (Wildman–Crippen MR) is 116 cm³/mol. The van der Waals surface area contributed by atoms with Gasteiger partial charge in [-0.2, -0.15) is 5.26 Å². The maximum atomic E-state index is 9.70. The van der Waals surface area contributed by atoms with E-state index in [1.807, 2.05) is 78.3 Å². The molecule has 0 amide bonds. The second-order valence-corrected chi connectivity index (χ2v) is 7.02. The Labute approximate surface area is 174 Å². The van der Waals surface area contributed by atoms with Crippen molar-refractivity contribution in [2.24, 2.45) is 7.05 Å². The number of nitrogens with zero attached hydrogens (tertiary/aromatic N) is 3. The lowest BCUT2D eigenvalue weighted by atomic mass is 10.1. The molecular formula is C24H18ClN3O. The summed E-state index contributed by atoms with van der Waals surface area (Å²) in [7, 11) is 1.91. The molecule has 0 unspecified atom stereocenters. The van der Waals surface area contributed by atoms with Crippen LogP contribution in [0.1, 0.15) is 17.0 Å². The van der Waals surface area contributed by atoms with Crippen molar-refractivity contribution in [2.45, 2.75) is 6.61 Å². The normalized spacial score (nSPS) is 11.4. The van der Waals surface area contributed by atoms with Crippen molar-refractivity contribution in [1.82, 2.24) is 9.55 Å². The summed E-state index contributed by atoms with van der Waals surface area (Å²) in [6.07, 6.45) is 1.79. The van der Waals surface area contributed by atoms with E-state index < -0.39 is 0 Å². The molecule has 29 heavy (non-hydrogen) atoms. The van der Waals surface area contributed by atoms with Crippen molar-refractivity contribution < 1.29 is 4.74 Å². The molecule has 0 aliphatic rings. The lowest BCUT2D eigenvalue weighted by molar-refractivity contribution is 0.306. The first-order valence-corrected chi connectivity index (χ1v) is 9.53. The molecule has 5 heteroatoms. The molecule has 0 N–H and O–H groups in total. The Morgan fingerprint density at radius 3 is 2.59 bits per heavy atom. The van der Waals surface area contributed by atoms with Gasteiger partial charge in [0.2, 0.25) is 0 Å². The molecule has 1 heterocycles. The maximum Gasteiger partial charge on any atom is 0.151 e. The number of hydrogen-bond donors (Lipinski definition) is 0. The molecule has 4 aromatic rings. The van der Waals surface area contributed by atoms with E-state index in [9.17, 15) is 5.26 Å². The standard InChI is InChI=1S/C24H18ClN3O/c1-28-22-10-6-5-9-21(22)27-24(28)19(15-26)13-18-11-12-23(20(25)14-18)29-16-17-7-3-2-4-8-17/h2-14H,16H2,1H3/b19-13-. The molecule has 0 saturated carbocycles. The van der Waals surface area contributed by atoms with Crippen LogP contribution in [0.3, 0.4) is 0 Å². The number of imidazole rings is 1. The van der Waals surface area contributed by atoms with Gasteiger partial charge in [0.05, 0.1) is 21.6 Å². The first kappa shape index (κ1) is 18.8. The zero-order valence-electron chi connectivity index (χ0n) is 15.8. The smallest absolute Gasteiger partial charge is 0.151 e. The van der Waals surface area contributed by atoms with Crippen LogP contribution in [-0.4, -0.2) is 9.55 Å². The van der Waals surface area contributed by atoms with E-state index in [2.05, 4.69) is 11.1 Å². The lowest BCUT2D eigenvalue weighted by Crippen LogP contribution is -1.97. The highest BCUT2D eigenvalue weighted by Gasteiger charge is 2.12. The van der Waals surface area contributed by atoms with Crippen LogP contribution < -0.4 is 4.74 Å². The SMILES string of the molecule is Cn1c(/C(C#N)=C\c2ccc(OCc3ccccc3)c(Cl)c2)nc2ccccc21. The topological polar surface area (TPSA) is 50.8 Å². The van der Waals surface area contributed by atoms with E-state index in [1.165, 1.54) is 0 Å². The number of nitriles is 1. The first-order chi connectivity index (χ1) is 14.2. The summed E-state index contributed by atoms with van der Waals surface area (Å²) in [5.41, 5.74) is 4.18. The van der Waals surface area contributed by atoms with Gasteiger partial charge in [0.25, 0.3) is 0 Å². The number of ether oxygens (including phenoxy) is 1. The summed E-state index contributed by atoms with van der Waals surface area (Å²) in [6, 6.07) is 25.5. The highest BCUT2D eigenvalue weighted by Crippen LogP contribution is 2.29. The number of halogens is 1. The first-order valence-electron chi connectivity index (χ1n) is 9.15. The molecule has 0 spiro atoms. The number of benzene rings is 3. The summed E-state index contributed by atoms with van der Waals surface area (Å²) < 4.78 is 7.74. The second-order valence-electron chi connectivity index (χ2n) is 6.62. The third-order valence-electron chi connectivity index (χ3n) is 4.65. The van der Waals surface area contributed by atoms with Crippen molar-refractivity contribution in [3.05, 3.63) is 94.8 Å². The zero-order chi connectivity index (χ0) is 20.2. The van der Waals surface area contributed by atoms with Crippen molar-refractivity contribution in [2.75, 3.05) is 0 Å². The summed E-state index contributed by atoms with van der Waals surface area (Å²) in [5.74, 6) is 1.23. The molecule has 0 saturated heterocycles. The maximum absolute atomic E-state index is 9.70. The molecule has 142 valence electrons. The van der Waals surface area contributed by atoms with E-state index in [4.69, 9.17) is 16.3 Å². The van der Waals surface area contributed by atoms with Gasteiger partial charge in [-0.05, 0) is 41.5 Å². The number of rotatable bonds is 5. The minimum absolute atomic E-state index is 0.444. The number of para-hydroxylation sites is 2. The molecule has 1 aromatic heterocycles. The number of aromatic nitrogens is 2. The van der Waals surface area contributed by atoms with Gasteiger partial charge in [-0.15, -0.1) is 0 Å². The average Bonchev–Trinajstić information content (AvgIpc) is 3.09. The molecule has 0 fully saturated rings. The average molecular weight is 400 g/mol. The van der Waals surface area contributed by atoms with Gasteiger partial charge in [0.15, 0.2) is 5.82 Å². The Kier molecular flexibility index (Phi) is 5.33. The van der Waals surface area contributed by atoms with Crippen LogP contribution >= 0.6 is 11.6 Å².